The minimum Gasteiger partial charge on any atom is -0.506 e. The molecule has 0 aliphatic heterocycles. The van der Waals surface area contributed by atoms with Gasteiger partial charge < -0.3 is 5.11 Å². The van der Waals surface area contributed by atoms with Crippen molar-refractivity contribution >= 4 is 0 Å². The van der Waals surface area contributed by atoms with E-state index in [4.69, 9.17) is 10.4 Å². The van der Waals surface area contributed by atoms with Crippen molar-refractivity contribution in [1.29, 1.82) is 5.26 Å². The monoisotopic (exact) mass is 184 g/mol. The number of aromatic hydroxyl groups is 1. The number of halogens is 2. The minimum atomic E-state index is -2.80. The molecule has 0 amide bonds. The second-order valence-electron chi connectivity index (χ2n) is 2.44. The Labute approximate surface area is 73.3 Å². The van der Waals surface area contributed by atoms with Crippen molar-refractivity contribution in [2.75, 3.05) is 0 Å². The summed E-state index contributed by atoms with van der Waals surface area (Å²) in [6, 6.07) is 2.52. The van der Waals surface area contributed by atoms with Crippen LogP contribution in [-0.2, 0) is 0 Å². The molecule has 0 aliphatic rings. The van der Waals surface area contributed by atoms with Gasteiger partial charge >= 0.3 is 0 Å². The van der Waals surface area contributed by atoms with Gasteiger partial charge in [-0.25, -0.2) is 13.8 Å². The zero-order chi connectivity index (χ0) is 10.0. The summed E-state index contributed by atoms with van der Waals surface area (Å²) in [5.74, 6) is -0.547. The van der Waals surface area contributed by atoms with E-state index in [1.165, 1.54) is 6.92 Å². The topological polar surface area (TPSA) is 56.9 Å². The molecule has 68 valence electrons. The van der Waals surface area contributed by atoms with Crippen molar-refractivity contribution in [2.24, 2.45) is 0 Å². The normalized spacial score (nSPS) is 10.1. The van der Waals surface area contributed by atoms with E-state index in [1.54, 1.807) is 6.07 Å². The van der Waals surface area contributed by atoms with Gasteiger partial charge in [-0.15, -0.1) is 0 Å². The number of hydrogen-bond donors (Lipinski definition) is 1. The van der Waals surface area contributed by atoms with Crippen LogP contribution in [0.15, 0.2) is 6.07 Å². The highest BCUT2D eigenvalue weighted by molar-refractivity contribution is 5.41. The lowest BCUT2D eigenvalue weighted by molar-refractivity contribution is 0.147. The molecule has 1 N–H and O–H groups in total. The lowest BCUT2D eigenvalue weighted by atomic mass is 10.2. The smallest absolute Gasteiger partial charge is 0.267 e. The molecule has 0 bridgehead atoms. The first kappa shape index (κ1) is 9.39. The number of rotatable bonds is 1. The van der Waals surface area contributed by atoms with E-state index in [2.05, 4.69) is 4.98 Å². The molecule has 0 spiro atoms. The van der Waals surface area contributed by atoms with Crippen LogP contribution in [0, 0.1) is 18.3 Å². The average molecular weight is 184 g/mol. The molecular formula is C8H6F2N2O. The fourth-order valence-electron chi connectivity index (χ4n) is 0.914. The van der Waals surface area contributed by atoms with Crippen molar-refractivity contribution in [3.05, 3.63) is 23.0 Å². The van der Waals surface area contributed by atoms with Gasteiger partial charge in [0.1, 0.15) is 17.5 Å². The SMILES string of the molecule is Cc1nc(C#N)cc(C(F)F)c1O. The molecular weight excluding hydrogens is 178 g/mol. The van der Waals surface area contributed by atoms with Crippen molar-refractivity contribution in [3.8, 4) is 11.8 Å². The van der Waals surface area contributed by atoms with Crippen LogP contribution >= 0.6 is 0 Å². The summed E-state index contributed by atoms with van der Waals surface area (Å²) in [6.45, 7) is 1.36. The predicted octanol–water partition coefficient (Wildman–Crippen LogP) is 1.90. The molecule has 0 atom stereocenters. The first-order valence-corrected chi connectivity index (χ1v) is 3.45. The predicted molar refractivity (Wildman–Crippen MR) is 40.3 cm³/mol. The maximum absolute atomic E-state index is 12.2. The first-order valence-electron chi connectivity index (χ1n) is 3.45. The van der Waals surface area contributed by atoms with Crippen molar-refractivity contribution in [1.82, 2.24) is 4.98 Å². The molecule has 0 aromatic carbocycles. The van der Waals surface area contributed by atoms with Crippen LogP contribution in [0.3, 0.4) is 0 Å². The summed E-state index contributed by atoms with van der Waals surface area (Å²) in [5, 5.41) is 17.6. The maximum atomic E-state index is 12.2. The zero-order valence-corrected chi connectivity index (χ0v) is 6.75. The molecule has 1 heterocycles. The number of pyridine rings is 1. The molecule has 0 saturated heterocycles. The summed E-state index contributed by atoms with van der Waals surface area (Å²) in [6.07, 6.45) is -2.80. The quantitative estimate of drug-likeness (QED) is 0.725. The van der Waals surface area contributed by atoms with Gasteiger partial charge in [0, 0.05) is 0 Å². The summed E-state index contributed by atoms with van der Waals surface area (Å²) < 4.78 is 24.5. The Kier molecular flexibility index (Phi) is 2.42. The number of alkyl halides is 2. The Balaban J connectivity index is 3.35. The van der Waals surface area contributed by atoms with Gasteiger partial charge in [0.05, 0.1) is 11.3 Å². The fraction of sp³-hybridized carbons (Fsp3) is 0.250. The summed E-state index contributed by atoms with van der Waals surface area (Å²) in [7, 11) is 0. The molecule has 5 heteroatoms. The van der Waals surface area contributed by atoms with E-state index in [9.17, 15) is 8.78 Å². The molecule has 0 unspecified atom stereocenters. The molecule has 0 radical (unpaired) electrons. The second-order valence-corrected chi connectivity index (χ2v) is 2.44. The van der Waals surface area contributed by atoms with Crippen molar-refractivity contribution in [3.63, 3.8) is 0 Å². The largest absolute Gasteiger partial charge is 0.506 e. The summed E-state index contributed by atoms with van der Waals surface area (Å²) in [4.78, 5) is 3.59. The third-order valence-corrected chi connectivity index (χ3v) is 1.55. The van der Waals surface area contributed by atoms with Crippen LogP contribution in [0.5, 0.6) is 5.75 Å². The third-order valence-electron chi connectivity index (χ3n) is 1.55. The lowest BCUT2D eigenvalue weighted by Crippen LogP contribution is -1.94. The highest BCUT2D eigenvalue weighted by Gasteiger charge is 2.16. The van der Waals surface area contributed by atoms with E-state index in [0.717, 1.165) is 6.07 Å². The minimum absolute atomic E-state index is 0.0364. The zero-order valence-electron chi connectivity index (χ0n) is 6.75. The van der Waals surface area contributed by atoms with Crippen LogP contribution in [0.2, 0.25) is 0 Å². The van der Waals surface area contributed by atoms with Gasteiger partial charge in [0.25, 0.3) is 6.43 Å². The number of nitrogens with zero attached hydrogens (tertiary/aromatic N) is 2. The van der Waals surface area contributed by atoms with Gasteiger partial charge in [0.15, 0.2) is 0 Å². The fourth-order valence-corrected chi connectivity index (χ4v) is 0.914. The molecule has 0 aliphatic carbocycles. The van der Waals surface area contributed by atoms with Gasteiger partial charge in [-0.1, -0.05) is 0 Å². The van der Waals surface area contributed by atoms with E-state index >= 15 is 0 Å². The summed E-state index contributed by atoms with van der Waals surface area (Å²) in [5.41, 5.74) is -0.635. The number of aryl methyl sites for hydroxylation is 1. The average Bonchev–Trinajstić information content (AvgIpc) is 2.09. The maximum Gasteiger partial charge on any atom is 0.267 e. The van der Waals surface area contributed by atoms with Crippen LogP contribution in [0.4, 0.5) is 8.78 Å². The summed E-state index contributed by atoms with van der Waals surface area (Å²) >= 11 is 0. The number of nitriles is 1. The van der Waals surface area contributed by atoms with Crippen molar-refractivity contribution in [2.45, 2.75) is 13.3 Å². The van der Waals surface area contributed by atoms with Crippen LogP contribution in [-0.4, -0.2) is 10.1 Å². The van der Waals surface area contributed by atoms with Gasteiger partial charge in [-0.3, -0.25) is 0 Å². The Bertz CT molecular complexity index is 371. The van der Waals surface area contributed by atoms with E-state index < -0.39 is 17.7 Å². The van der Waals surface area contributed by atoms with Gasteiger partial charge in [0.2, 0.25) is 0 Å². The second kappa shape index (κ2) is 3.35. The standard InChI is InChI=1S/C8H6F2N2O/c1-4-7(13)6(8(9)10)2-5(3-11)12-4/h2,8,13H,1H3. The highest BCUT2D eigenvalue weighted by atomic mass is 19.3. The molecule has 0 fully saturated rings. The van der Waals surface area contributed by atoms with Crippen LogP contribution < -0.4 is 0 Å². The highest BCUT2D eigenvalue weighted by Crippen LogP contribution is 2.30. The lowest BCUT2D eigenvalue weighted by Gasteiger charge is -2.05. The Hall–Kier alpha value is -1.70. The van der Waals surface area contributed by atoms with Gasteiger partial charge in [-0.2, -0.15) is 5.26 Å². The molecule has 0 saturated carbocycles. The Morgan fingerprint density at radius 3 is 2.69 bits per heavy atom. The Morgan fingerprint density at radius 1 is 1.62 bits per heavy atom. The van der Waals surface area contributed by atoms with Gasteiger partial charge in [-0.05, 0) is 13.0 Å². The number of aromatic nitrogens is 1. The Morgan fingerprint density at radius 2 is 2.23 bits per heavy atom. The number of hydrogen-bond acceptors (Lipinski definition) is 3. The molecule has 1 rings (SSSR count). The van der Waals surface area contributed by atoms with E-state index in [0.29, 0.717) is 0 Å². The molecule has 3 nitrogen and oxygen atoms in total. The van der Waals surface area contributed by atoms with Crippen LogP contribution in [0.25, 0.3) is 0 Å². The third kappa shape index (κ3) is 1.72. The van der Waals surface area contributed by atoms with Crippen molar-refractivity contribution < 1.29 is 13.9 Å². The molecule has 1 aromatic rings. The molecule has 1 aromatic heterocycles. The molecule has 13 heavy (non-hydrogen) atoms. The van der Waals surface area contributed by atoms with E-state index in [-0.39, 0.29) is 11.4 Å². The van der Waals surface area contributed by atoms with Crippen LogP contribution in [0.1, 0.15) is 23.4 Å². The first-order chi connectivity index (χ1) is 6.06. The van der Waals surface area contributed by atoms with E-state index in [1.807, 2.05) is 0 Å².